The lowest BCUT2D eigenvalue weighted by atomic mass is 10.2. The summed E-state index contributed by atoms with van der Waals surface area (Å²) >= 11 is 6.28. The number of hydrogen-bond acceptors (Lipinski definition) is 4. The van der Waals surface area contributed by atoms with Crippen molar-refractivity contribution >= 4 is 23.2 Å². The van der Waals surface area contributed by atoms with Crippen LogP contribution >= 0.6 is 11.6 Å². The molecule has 0 spiro atoms. The SMILES string of the molecule is Cc1nn(C)c(C)c1NC(=O)c1nnn(Cc2ccccc2)c1Cl. The molecule has 7 nitrogen and oxygen atoms in total. The zero-order valence-corrected chi connectivity index (χ0v) is 14.4. The van der Waals surface area contributed by atoms with E-state index in [2.05, 4.69) is 20.7 Å². The van der Waals surface area contributed by atoms with E-state index in [4.69, 9.17) is 11.6 Å². The third-order valence-corrected chi connectivity index (χ3v) is 4.19. The first-order valence-electron chi connectivity index (χ1n) is 7.42. The van der Waals surface area contributed by atoms with Gasteiger partial charge in [-0.1, -0.05) is 47.1 Å². The van der Waals surface area contributed by atoms with Crippen LogP contribution in [-0.4, -0.2) is 30.7 Å². The molecule has 0 bridgehead atoms. The van der Waals surface area contributed by atoms with Gasteiger partial charge in [0.25, 0.3) is 5.91 Å². The van der Waals surface area contributed by atoms with Crippen LogP contribution in [0.2, 0.25) is 5.15 Å². The lowest BCUT2D eigenvalue weighted by Crippen LogP contribution is -2.14. The molecule has 0 aliphatic heterocycles. The van der Waals surface area contributed by atoms with Crippen molar-refractivity contribution in [2.24, 2.45) is 7.05 Å². The molecule has 0 saturated carbocycles. The molecule has 1 N–H and O–H groups in total. The van der Waals surface area contributed by atoms with Crippen molar-refractivity contribution in [3.8, 4) is 0 Å². The molecule has 124 valence electrons. The summed E-state index contributed by atoms with van der Waals surface area (Å²) in [5, 5.41) is 15.2. The summed E-state index contributed by atoms with van der Waals surface area (Å²) in [6, 6.07) is 9.72. The summed E-state index contributed by atoms with van der Waals surface area (Å²) in [4.78, 5) is 12.5. The minimum Gasteiger partial charge on any atom is -0.317 e. The molecule has 0 radical (unpaired) electrons. The van der Waals surface area contributed by atoms with Crippen LogP contribution in [0.15, 0.2) is 30.3 Å². The molecular weight excluding hydrogens is 328 g/mol. The van der Waals surface area contributed by atoms with Crippen LogP contribution in [0.5, 0.6) is 0 Å². The summed E-state index contributed by atoms with van der Waals surface area (Å²) in [5.74, 6) is -0.404. The number of carbonyl (C=O) groups excluding carboxylic acids is 1. The smallest absolute Gasteiger partial charge is 0.279 e. The van der Waals surface area contributed by atoms with E-state index in [0.29, 0.717) is 12.2 Å². The Balaban J connectivity index is 1.81. The Labute approximate surface area is 144 Å². The molecule has 1 amide bonds. The average Bonchev–Trinajstić information content (AvgIpc) is 3.03. The predicted octanol–water partition coefficient (Wildman–Crippen LogP) is 2.58. The predicted molar refractivity (Wildman–Crippen MR) is 91.2 cm³/mol. The summed E-state index contributed by atoms with van der Waals surface area (Å²) < 4.78 is 3.20. The topological polar surface area (TPSA) is 77.6 Å². The van der Waals surface area contributed by atoms with E-state index < -0.39 is 5.91 Å². The largest absolute Gasteiger partial charge is 0.317 e. The van der Waals surface area contributed by atoms with Gasteiger partial charge in [-0.3, -0.25) is 9.48 Å². The molecule has 0 fully saturated rings. The lowest BCUT2D eigenvalue weighted by molar-refractivity contribution is 0.102. The van der Waals surface area contributed by atoms with E-state index in [9.17, 15) is 4.79 Å². The average molecular weight is 345 g/mol. The molecule has 1 aromatic carbocycles. The zero-order chi connectivity index (χ0) is 17.3. The first-order chi connectivity index (χ1) is 11.5. The van der Waals surface area contributed by atoms with E-state index in [1.807, 2.05) is 51.2 Å². The molecule has 8 heteroatoms. The molecule has 2 heterocycles. The highest BCUT2D eigenvalue weighted by Crippen LogP contribution is 2.21. The number of aromatic nitrogens is 5. The Morgan fingerprint density at radius 1 is 1.25 bits per heavy atom. The maximum atomic E-state index is 12.5. The van der Waals surface area contributed by atoms with Gasteiger partial charge >= 0.3 is 0 Å². The number of benzene rings is 1. The van der Waals surface area contributed by atoms with Gasteiger partial charge < -0.3 is 5.32 Å². The van der Waals surface area contributed by atoms with E-state index in [1.54, 1.807) is 4.68 Å². The van der Waals surface area contributed by atoms with Gasteiger partial charge in [0.2, 0.25) is 0 Å². The number of hydrogen-bond donors (Lipinski definition) is 1. The lowest BCUT2D eigenvalue weighted by Gasteiger charge is -2.05. The van der Waals surface area contributed by atoms with E-state index >= 15 is 0 Å². The number of anilines is 1. The minimum atomic E-state index is -0.404. The van der Waals surface area contributed by atoms with Gasteiger partial charge in [-0.05, 0) is 19.4 Å². The number of carbonyl (C=O) groups is 1. The van der Waals surface area contributed by atoms with Crippen LogP contribution in [0.25, 0.3) is 0 Å². The number of amides is 1. The molecule has 0 aliphatic carbocycles. The number of rotatable bonds is 4. The molecule has 3 aromatic rings. The summed E-state index contributed by atoms with van der Waals surface area (Å²) in [5.41, 5.74) is 3.37. The highest BCUT2D eigenvalue weighted by atomic mass is 35.5. The Morgan fingerprint density at radius 3 is 2.58 bits per heavy atom. The highest BCUT2D eigenvalue weighted by molar-refractivity contribution is 6.33. The number of nitrogens with one attached hydrogen (secondary N) is 1. The maximum absolute atomic E-state index is 12.5. The molecule has 2 aromatic heterocycles. The standard InChI is InChI=1S/C16H17ClN6O/c1-10-13(11(2)22(3)20-10)18-16(24)14-15(17)23(21-19-14)9-12-7-5-4-6-8-12/h4-8H,9H2,1-3H3,(H,18,24). The summed E-state index contributed by atoms with van der Waals surface area (Å²) in [6.45, 7) is 4.16. The summed E-state index contributed by atoms with van der Waals surface area (Å²) in [7, 11) is 1.82. The van der Waals surface area contributed by atoms with Gasteiger partial charge in [-0.25, -0.2) is 4.68 Å². The van der Waals surface area contributed by atoms with Gasteiger partial charge in [0.1, 0.15) is 0 Å². The monoisotopic (exact) mass is 344 g/mol. The van der Waals surface area contributed by atoms with Crippen molar-refractivity contribution in [2.75, 3.05) is 5.32 Å². The van der Waals surface area contributed by atoms with Gasteiger partial charge in [0.15, 0.2) is 10.8 Å². The van der Waals surface area contributed by atoms with Crippen molar-refractivity contribution in [3.05, 3.63) is 58.1 Å². The van der Waals surface area contributed by atoms with Gasteiger partial charge in [0, 0.05) is 7.05 Å². The normalized spacial score (nSPS) is 10.8. The first-order valence-corrected chi connectivity index (χ1v) is 7.79. The molecule has 3 rings (SSSR count). The fourth-order valence-electron chi connectivity index (χ4n) is 2.43. The third kappa shape index (κ3) is 3.03. The minimum absolute atomic E-state index is 0.0928. The maximum Gasteiger partial charge on any atom is 0.279 e. The van der Waals surface area contributed by atoms with Crippen LogP contribution in [-0.2, 0) is 13.6 Å². The Kier molecular flexibility index (Phi) is 4.35. The zero-order valence-electron chi connectivity index (χ0n) is 13.6. The van der Waals surface area contributed by atoms with Crippen molar-refractivity contribution in [3.63, 3.8) is 0 Å². The molecule has 24 heavy (non-hydrogen) atoms. The second kappa shape index (κ2) is 6.45. The van der Waals surface area contributed by atoms with Gasteiger partial charge in [0.05, 0.1) is 23.6 Å². The molecule has 0 unspecified atom stereocenters. The van der Waals surface area contributed by atoms with Gasteiger partial charge in [-0.15, -0.1) is 5.10 Å². The van der Waals surface area contributed by atoms with Crippen molar-refractivity contribution in [2.45, 2.75) is 20.4 Å². The third-order valence-electron chi connectivity index (χ3n) is 3.81. The number of halogens is 1. The van der Waals surface area contributed by atoms with Gasteiger partial charge in [-0.2, -0.15) is 5.10 Å². The first kappa shape index (κ1) is 16.2. The number of nitrogens with zero attached hydrogens (tertiary/aromatic N) is 5. The quantitative estimate of drug-likeness (QED) is 0.789. The second-order valence-electron chi connectivity index (χ2n) is 5.50. The highest BCUT2D eigenvalue weighted by Gasteiger charge is 2.21. The van der Waals surface area contributed by atoms with E-state index in [0.717, 1.165) is 17.0 Å². The van der Waals surface area contributed by atoms with Crippen LogP contribution < -0.4 is 5.32 Å². The molecular formula is C16H17ClN6O. The Morgan fingerprint density at radius 2 is 1.96 bits per heavy atom. The molecule has 0 saturated heterocycles. The van der Waals surface area contributed by atoms with Crippen molar-refractivity contribution in [1.82, 2.24) is 24.8 Å². The van der Waals surface area contributed by atoms with Crippen molar-refractivity contribution in [1.29, 1.82) is 0 Å². The van der Waals surface area contributed by atoms with E-state index in [-0.39, 0.29) is 10.8 Å². The van der Waals surface area contributed by atoms with Crippen LogP contribution in [0.3, 0.4) is 0 Å². The fourth-order valence-corrected chi connectivity index (χ4v) is 2.64. The van der Waals surface area contributed by atoms with Crippen LogP contribution in [0.4, 0.5) is 5.69 Å². The second-order valence-corrected chi connectivity index (χ2v) is 5.85. The summed E-state index contributed by atoms with van der Waals surface area (Å²) in [6.07, 6.45) is 0. The van der Waals surface area contributed by atoms with Crippen LogP contribution in [0.1, 0.15) is 27.4 Å². The molecule has 0 atom stereocenters. The Bertz CT molecular complexity index is 884. The Hall–Kier alpha value is -2.67. The fraction of sp³-hybridized carbons (Fsp3) is 0.250. The number of aryl methyl sites for hydroxylation is 2. The van der Waals surface area contributed by atoms with Crippen LogP contribution in [0, 0.1) is 13.8 Å². The molecule has 0 aliphatic rings. The van der Waals surface area contributed by atoms with E-state index in [1.165, 1.54) is 4.68 Å². The van der Waals surface area contributed by atoms with Crippen molar-refractivity contribution < 1.29 is 4.79 Å².